The van der Waals surface area contributed by atoms with Gasteiger partial charge in [0.15, 0.2) is 0 Å². The van der Waals surface area contributed by atoms with Crippen molar-refractivity contribution < 1.29 is 33.9 Å². The Morgan fingerprint density at radius 1 is 0.762 bits per heavy atom. The van der Waals surface area contributed by atoms with Crippen molar-refractivity contribution in [3.63, 3.8) is 0 Å². The summed E-state index contributed by atoms with van der Waals surface area (Å²) in [6.45, 7) is 6.54. The Hall–Kier alpha value is -0.280. The molecule has 2 N–H and O–H groups in total. The van der Waals surface area contributed by atoms with Crippen molar-refractivity contribution in [2.24, 2.45) is 0 Å². The fourth-order valence-electron chi connectivity index (χ4n) is 2.43. The van der Waals surface area contributed by atoms with E-state index in [0.717, 1.165) is 0 Å². The van der Waals surface area contributed by atoms with Crippen LogP contribution in [0.4, 0.5) is 0 Å². The number of methoxy groups -OCH3 is 4. The molecule has 0 fully saturated rings. The average Bonchev–Trinajstić information content (AvgIpc) is 2.46. The van der Waals surface area contributed by atoms with E-state index in [-0.39, 0.29) is 0 Å². The lowest BCUT2D eigenvalue weighted by molar-refractivity contribution is -0.345. The Morgan fingerprint density at radius 2 is 1.24 bits per heavy atom. The Kier molecular flexibility index (Phi) is 8.27. The highest BCUT2D eigenvalue weighted by Gasteiger charge is 2.48. The number of ether oxygens (including phenoxy) is 5. The van der Waals surface area contributed by atoms with E-state index in [1.54, 1.807) is 20.8 Å². The van der Waals surface area contributed by atoms with Crippen LogP contribution in [-0.4, -0.2) is 74.6 Å². The SMILES string of the molecule is COC(C)C(O)(OC)C(C)OC(C)C(OC)(OC)C(C)O. The number of aliphatic hydroxyl groups excluding tert-OH is 1. The summed E-state index contributed by atoms with van der Waals surface area (Å²) >= 11 is 0. The minimum atomic E-state index is -1.64. The molecule has 0 aliphatic heterocycles. The topological polar surface area (TPSA) is 86.6 Å². The third-order valence-corrected chi connectivity index (χ3v) is 4.04. The van der Waals surface area contributed by atoms with Crippen LogP contribution < -0.4 is 0 Å². The van der Waals surface area contributed by atoms with Crippen molar-refractivity contribution in [1.82, 2.24) is 0 Å². The predicted molar refractivity (Wildman–Crippen MR) is 76.9 cm³/mol. The second kappa shape index (κ2) is 8.38. The van der Waals surface area contributed by atoms with Crippen molar-refractivity contribution in [3.05, 3.63) is 0 Å². The highest BCUT2D eigenvalue weighted by Crippen LogP contribution is 2.29. The van der Waals surface area contributed by atoms with Gasteiger partial charge in [-0.2, -0.15) is 0 Å². The minimum absolute atomic E-state index is 0.615. The maximum Gasteiger partial charge on any atom is 0.220 e. The first-order valence-electron chi connectivity index (χ1n) is 6.90. The summed E-state index contributed by atoms with van der Waals surface area (Å²) in [5.74, 6) is -2.99. The van der Waals surface area contributed by atoms with Gasteiger partial charge in [0.1, 0.15) is 24.4 Å². The molecular formula is C14H30O7. The zero-order valence-electron chi connectivity index (χ0n) is 14.2. The summed E-state index contributed by atoms with van der Waals surface area (Å²) < 4.78 is 26.6. The molecule has 7 nitrogen and oxygen atoms in total. The Bertz CT molecular complexity index is 293. The zero-order valence-corrected chi connectivity index (χ0v) is 14.2. The molecule has 128 valence electrons. The van der Waals surface area contributed by atoms with Crippen LogP contribution in [0, 0.1) is 0 Å². The van der Waals surface area contributed by atoms with Gasteiger partial charge in [-0.3, -0.25) is 0 Å². The van der Waals surface area contributed by atoms with Crippen LogP contribution in [-0.2, 0) is 23.7 Å². The van der Waals surface area contributed by atoms with E-state index in [0.29, 0.717) is 0 Å². The third kappa shape index (κ3) is 4.13. The van der Waals surface area contributed by atoms with E-state index in [2.05, 4.69) is 0 Å². The first kappa shape index (κ1) is 20.7. The van der Waals surface area contributed by atoms with Crippen LogP contribution in [0.1, 0.15) is 27.7 Å². The second-order valence-electron chi connectivity index (χ2n) is 5.06. The Morgan fingerprint density at radius 3 is 1.52 bits per heavy atom. The van der Waals surface area contributed by atoms with Gasteiger partial charge in [-0.25, -0.2) is 0 Å². The second-order valence-corrected chi connectivity index (χ2v) is 5.06. The molecule has 0 aliphatic carbocycles. The van der Waals surface area contributed by atoms with Gasteiger partial charge < -0.3 is 33.9 Å². The molecule has 0 radical (unpaired) electrons. The normalized spacial score (nSPS) is 21.4. The first-order valence-corrected chi connectivity index (χ1v) is 6.90. The molecule has 0 saturated carbocycles. The fourth-order valence-corrected chi connectivity index (χ4v) is 2.43. The Labute approximate surface area is 127 Å². The summed E-state index contributed by atoms with van der Waals surface area (Å²) in [5, 5.41) is 20.5. The molecule has 0 aromatic rings. The van der Waals surface area contributed by atoms with Crippen molar-refractivity contribution in [2.45, 2.75) is 63.7 Å². The van der Waals surface area contributed by atoms with Crippen LogP contribution >= 0.6 is 0 Å². The predicted octanol–water partition coefficient (Wildman–Crippen LogP) is 0.520. The van der Waals surface area contributed by atoms with E-state index in [4.69, 9.17) is 23.7 Å². The third-order valence-electron chi connectivity index (χ3n) is 4.04. The monoisotopic (exact) mass is 310 g/mol. The van der Waals surface area contributed by atoms with Gasteiger partial charge in [0.05, 0.1) is 0 Å². The van der Waals surface area contributed by atoms with E-state index >= 15 is 0 Å². The van der Waals surface area contributed by atoms with Crippen LogP contribution in [0.3, 0.4) is 0 Å². The van der Waals surface area contributed by atoms with Crippen molar-refractivity contribution in [3.8, 4) is 0 Å². The van der Waals surface area contributed by atoms with E-state index in [9.17, 15) is 10.2 Å². The first-order chi connectivity index (χ1) is 9.66. The molecule has 5 atom stereocenters. The molecule has 0 amide bonds. The highest BCUT2D eigenvalue weighted by molar-refractivity contribution is 4.87. The molecule has 0 aliphatic rings. The summed E-state index contributed by atoms with van der Waals surface area (Å²) in [5.41, 5.74) is 0. The van der Waals surface area contributed by atoms with Gasteiger partial charge in [0.2, 0.25) is 11.6 Å². The summed E-state index contributed by atoms with van der Waals surface area (Å²) in [7, 11) is 5.67. The van der Waals surface area contributed by atoms with Gasteiger partial charge in [0, 0.05) is 28.4 Å². The average molecular weight is 310 g/mol. The maximum atomic E-state index is 10.5. The number of aliphatic hydroxyl groups is 2. The summed E-state index contributed by atoms with van der Waals surface area (Å²) in [4.78, 5) is 0. The molecule has 0 aromatic carbocycles. The van der Waals surface area contributed by atoms with Crippen LogP contribution in [0.2, 0.25) is 0 Å². The van der Waals surface area contributed by atoms with Crippen molar-refractivity contribution in [2.75, 3.05) is 28.4 Å². The standard InChI is InChI=1S/C14H30O7/c1-9(15)14(19-7,20-8)12(4)21-11(3)13(16,18-6)10(2)17-5/h9-12,15-16H,1-8H3. The molecule has 0 heterocycles. The summed E-state index contributed by atoms with van der Waals surface area (Å²) in [6.07, 6.45) is -2.98. The maximum absolute atomic E-state index is 10.5. The molecule has 0 bridgehead atoms. The molecule has 21 heavy (non-hydrogen) atoms. The van der Waals surface area contributed by atoms with Crippen molar-refractivity contribution >= 4 is 0 Å². The Balaban J connectivity index is 5.17. The molecule has 7 heteroatoms. The van der Waals surface area contributed by atoms with Crippen LogP contribution in [0.15, 0.2) is 0 Å². The largest absolute Gasteiger partial charge is 0.388 e. The fraction of sp³-hybridized carbons (Fsp3) is 1.00. The van der Waals surface area contributed by atoms with E-state index < -0.39 is 36.0 Å². The van der Waals surface area contributed by atoms with E-state index in [1.165, 1.54) is 35.4 Å². The van der Waals surface area contributed by atoms with Gasteiger partial charge in [-0.1, -0.05) is 0 Å². The molecule has 0 rings (SSSR count). The molecule has 0 aromatic heterocycles. The number of hydrogen-bond acceptors (Lipinski definition) is 7. The van der Waals surface area contributed by atoms with Gasteiger partial charge in [-0.15, -0.1) is 0 Å². The molecule has 0 spiro atoms. The zero-order chi connectivity index (χ0) is 16.8. The van der Waals surface area contributed by atoms with Crippen LogP contribution in [0.5, 0.6) is 0 Å². The smallest absolute Gasteiger partial charge is 0.220 e. The molecular weight excluding hydrogens is 280 g/mol. The lowest BCUT2D eigenvalue weighted by Gasteiger charge is -2.43. The molecule has 0 saturated heterocycles. The van der Waals surface area contributed by atoms with Gasteiger partial charge in [-0.05, 0) is 27.7 Å². The van der Waals surface area contributed by atoms with Gasteiger partial charge >= 0.3 is 0 Å². The van der Waals surface area contributed by atoms with E-state index in [1.807, 2.05) is 0 Å². The van der Waals surface area contributed by atoms with Crippen molar-refractivity contribution in [1.29, 1.82) is 0 Å². The minimum Gasteiger partial charge on any atom is -0.388 e. The number of hydrogen-bond donors (Lipinski definition) is 2. The van der Waals surface area contributed by atoms with Gasteiger partial charge in [0.25, 0.3) is 0 Å². The van der Waals surface area contributed by atoms with Crippen LogP contribution in [0.25, 0.3) is 0 Å². The summed E-state index contributed by atoms with van der Waals surface area (Å²) in [6, 6.07) is 0. The number of rotatable bonds is 10. The lowest BCUT2D eigenvalue weighted by Crippen LogP contribution is -2.59. The quantitative estimate of drug-likeness (QED) is 0.569. The highest BCUT2D eigenvalue weighted by atomic mass is 16.7. The molecule has 5 unspecified atom stereocenters. The lowest BCUT2D eigenvalue weighted by atomic mass is 10.0.